The smallest absolute Gasteiger partial charge is 0.873 e. The largest absolute Gasteiger partial charge is 1.00 e. The van der Waals surface area contributed by atoms with Crippen molar-refractivity contribution < 1.29 is 92.0 Å². The number of hydrogen-bond donors (Lipinski definition) is 0. The first kappa shape index (κ1) is 59.5. The number of hydrogen-bond acceptors (Lipinski definition) is 9. The van der Waals surface area contributed by atoms with Crippen LogP contribution < -0.4 is 58.6 Å². The minimum absolute atomic E-state index is 0. The number of ether oxygens (including phenoxy) is 3. The minimum Gasteiger partial charge on any atom is -0.873 e. The average Bonchev–Trinajstić information content (AvgIpc) is 3.03. The van der Waals surface area contributed by atoms with Gasteiger partial charge in [0.1, 0.15) is 24.4 Å². The van der Waals surface area contributed by atoms with E-state index in [0.29, 0.717) is 26.1 Å². The molecule has 0 aromatic rings. The molecule has 0 aromatic carbocycles. The quantitative estimate of drug-likeness (QED) is 0.0197. The van der Waals surface area contributed by atoms with E-state index in [-0.39, 0.29) is 79.4 Å². The third-order valence-electron chi connectivity index (χ3n) is 7.26. The molecule has 0 bridgehead atoms. The van der Waals surface area contributed by atoms with Gasteiger partial charge in [0.2, 0.25) is 0 Å². The van der Waals surface area contributed by atoms with Crippen molar-refractivity contribution in [2.45, 2.75) is 175 Å². The fraction of sp³-hybridized carbons (Fsp3) is 0.795. The number of carbonyl (C=O) groups is 4. The third kappa shape index (κ3) is 56.1. The Kier molecular flexibility index (Phi) is 57.5. The van der Waals surface area contributed by atoms with Gasteiger partial charge in [-0.25, -0.2) is 0 Å². The number of esters is 2. The zero-order valence-electron chi connectivity index (χ0n) is 33.4. The summed E-state index contributed by atoms with van der Waals surface area (Å²) >= 11 is 3.45. The van der Waals surface area contributed by atoms with Crippen molar-refractivity contribution in [1.29, 1.82) is 0 Å². The van der Waals surface area contributed by atoms with Gasteiger partial charge in [0.15, 0.2) is 0 Å². The molecule has 0 heterocycles. The molecule has 12 heteroatoms. The van der Waals surface area contributed by atoms with Crippen LogP contribution in [0.5, 0.6) is 0 Å². The standard InChI is InChI=1S/C22H38O6.C11H23Br.C6H10O3.Li.Na/c1-3-27-21(25)17-19(23)15-13-11-9-7-5-6-8-10-12-14-16-20(24)18-22(26)28-4-2;1-2-3-4-5-6-7-8-9-10-11-12;1-3-9-6(8)4-5(2)7;;/h3-18H2,1-2H3;2-11H2,1H3;4,7-8H,2-3H2,1H3;;/q;;;2*+1/p-2. The number of halogens is 1. The van der Waals surface area contributed by atoms with Gasteiger partial charge in [-0.15, -0.1) is 12.3 Å². The molecular formula is C39H69BrLiNaO9. The predicted octanol–water partition coefficient (Wildman–Crippen LogP) is 2.73. The van der Waals surface area contributed by atoms with Gasteiger partial charge >= 0.3 is 60.4 Å². The van der Waals surface area contributed by atoms with Gasteiger partial charge in [-0.3, -0.25) is 19.2 Å². The Morgan fingerprint density at radius 2 is 0.863 bits per heavy atom. The molecule has 0 radical (unpaired) electrons. The summed E-state index contributed by atoms with van der Waals surface area (Å²) in [6.45, 7) is 11.3. The van der Waals surface area contributed by atoms with Crippen LogP contribution in [0.4, 0.5) is 0 Å². The van der Waals surface area contributed by atoms with E-state index in [4.69, 9.17) is 9.47 Å². The number of rotatable bonds is 31. The second kappa shape index (κ2) is 49.2. The zero-order chi connectivity index (χ0) is 37.4. The fourth-order valence-electron chi connectivity index (χ4n) is 4.70. The van der Waals surface area contributed by atoms with E-state index < -0.39 is 23.6 Å². The summed E-state index contributed by atoms with van der Waals surface area (Å²) in [5.41, 5.74) is 0. The predicted molar refractivity (Wildman–Crippen MR) is 198 cm³/mol. The summed E-state index contributed by atoms with van der Waals surface area (Å²) in [5.74, 6) is -2.06. The summed E-state index contributed by atoms with van der Waals surface area (Å²) in [4.78, 5) is 45.5. The summed E-state index contributed by atoms with van der Waals surface area (Å²) in [7, 11) is 0. The van der Waals surface area contributed by atoms with Gasteiger partial charge in [0, 0.05) is 18.2 Å². The van der Waals surface area contributed by atoms with Crippen LogP contribution in [0.15, 0.2) is 24.4 Å². The van der Waals surface area contributed by atoms with Crippen molar-refractivity contribution in [3.63, 3.8) is 0 Å². The second-order valence-electron chi connectivity index (χ2n) is 12.0. The molecule has 0 fully saturated rings. The van der Waals surface area contributed by atoms with Gasteiger partial charge < -0.3 is 24.4 Å². The normalized spacial score (nSPS) is 10.2. The SMILES string of the molecule is C=C([O-])C=C([O-])OCC.CCCCCCCCCCCBr.CCOC(=O)CC(=O)CCCCCCCCCCCCC(=O)CC(=O)OCC.[Li+].[Na+]. The molecule has 0 aliphatic heterocycles. The molecule has 0 aliphatic rings. The van der Waals surface area contributed by atoms with Crippen LogP contribution in [0.3, 0.4) is 0 Å². The van der Waals surface area contributed by atoms with Crippen LogP contribution in [0.2, 0.25) is 0 Å². The molecule has 0 atom stereocenters. The van der Waals surface area contributed by atoms with Crippen LogP contribution in [0, 0.1) is 0 Å². The van der Waals surface area contributed by atoms with Crippen LogP contribution >= 0.6 is 15.9 Å². The molecule has 0 aliphatic carbocycles. The number of allylic oxidation sites excluding steroid dienone is 1. The van der Waals surface area contributed by atoms with Crippen LogP contribution in [-0.4, -0.2) is 48.7 Å². The first-order valence-electron chi connectivity index (χ1n) is 18.9. The van der Waals surface area contributed by atoms with Crippen LogP contribution in [0.25, 0.3) is 0 Å². The molecule has 0 unspecified atom stereocenters. The Labute approximate surface area is 353 Å². The average molecular weight is 792 g/mol. The maximum absolute atomic E-state index is 11.6. The molecule has 0 rings (SSSR count). The maximum Gasteiger partial charge on any atom is 1.00 e. The van der Waals surface area contributed by atoms with E-state index in [1.807, 2.05) is 0 Å². The zero-order valence-corrected chi connectivity index (χ0v) is 37.0. The van der Waals surface area contributed by atoms with Crippen molar-refractivity contribution in [3.05, 3.63) is 24.4 Å². The summed E-state index contributed by atoms with van der Waals surface area (Å²) < 4.78 is 13.9. The first-order chi connectivity index (χ1) is 23.6. The van der Waals surface area contributed by atoms with E-state index >= 15 is 0 Å². The topological polar surface area (TPSA) is 142 Å². The van der Waals surface area contributed by atoms with Gasteiger partial charge in [-0.05, 0) is 45.8 Å². The van der Waals surface area contributed by atoms with Gasteiger partial charge in [0.05, 0.1) is 19.2 Å². The minimum atomic E-state index is -0.627. The van der Waals surface area contributed by atoms with Gasteiger partial charge in [0.25, 0.3) is 0 Å². The number of ketones is 2. The van der Waals surface area contributed by atoms with Crippen molar-refractivity contribution in [2.75, 3.05) is 25.2 Å². The van der Waals surface area contributed by atoms with E-state index in [0.717, 1.165) is 44.6 Å². The first-order valence-corrected chi connectivity index (χ1v) is 20.0. The summed E-state index contributed by atoms with van der Waals surface area (Å²) in [5, 5.41) is 21.6. The molecule has 0 saturated heterocycles. The van der Waals surface area contributed by atoms with Crippen molar-refractivity contribution in [3.8, 4) is 0 Å². The molecule has 0 spiro atoms. The Morgan fingerprint density at radius 1 is 0.549 bits per heavy atom. The number of Topliss-reactive ketones (excluding diaryl/α,β-unsaturated/α-hetero) is 2. The Bertz CT molecular complexity index is 805. The summed E-state index contributed by atoms with van der Waals surface area (Å²) in [6, 6.07) is 0. The Hall–Kier alpha value is -0.763. The molecular weight excluding hydrogens is 722 g/mol. The van der Waals surface area contributed by atoms with Crippen molar-refractivity contribution >= 4 is 39.4 Å². The third-order valence-corrected chi connectivity index (χ3v) is 7.82. The van der Waals surface area contributed by atoms with E-state index in [1.165, 1.54) is 88.8 Å². The molecule has 0 saturated carbocycles. The van der Waals surface area contributed by atoms with Crippen LogP contribution in [-0.2, 0) is 33.4 Å². The van der Waals surface area contributed by atoms with Crippen molar-refractivity contribution in [2.24, 2.45) is 0 Å². The molecule has 0 N–H and O–H groups in total. The molecule has 9 nitrogen and oxygen atoms in total. The number of carbonyl (C=O) groups excluding carboxylic acids is 4. The van der Waals surface area contributed by atoms with Crippen molar-refractivity contribution in [1.82, 2.24) is 0 Å². The molecule has 51 heavy (non-hydrogen) atoms. The van der Waals surface area contributed by atoms with Crippen LogP contribution in [0.1, 0.15) is 175 Å². The number of unbranched alkanes of at least 4 members (excludes halogenated alkanes) is 17. The molecule has 0 amide bonds. The maximum atomic E-state index is 11.6. The van der Waals surface area contributed by atoms with Gasteiger partial charge in [-0.1, -0.05) is 133 Å². The van der Waals surface area contributed by atoms with E-state index in [1.54, 1.807) is 20.8 Å². The summed E-state index contributed by atoms with van der Waals surface area (Å²) in [6.07, 6.45) is 25.1. The fourth-order valence-corrected chi connectivity index (χ4v) is 5.10. The Balaban J connectivity index is -0.000000252. The second-order valence-corrected chi connectivity index (χ2v) is 12.7. The van der Waals surface area contributed by atoms with E-state index in [2.05, 4.69) is 34.2 Å². The monoisotopic (exact) mass is 790 g/mol. The molecule has 288 valence electrons. The Morgan fingerprint density at radius 3 is 1.16 bits per heavy atom. The number of alkyl halides is 1. The van der Waals surface area contributed by atoms with E-state index in [9.17, 15) is 29.4 Å². The van der Waals surface area contributed by atoms with Gasteiger partial charge in [-0.2, -0.15) is 0 Å². The molecule has 0 aromatic heterocycles.